The Morgan fingerprint density at radius 3 is 2.60 bits per heavy atom. The zero-order chi connectivity index (χ0) is 11.3. The normalized spacial score (nSPS) is 14.9. The first-order chi connectivity index (χ1) is 7.19. The number of hydrogen-bond acceptors (Lipinski definition) is 2. The summed E-state index contributed by atoms with van der Waals surface area (Å²) in [5, 5.41) is 12.2. The van der Waals surface area contributed by atoms with Gasteiger partial charge in [-0.15, -0.1) is 0 Å². The van der Waals surface area contributed by atoms with Crippen LogP contribution in [0, 0.1) is 5.82 Å². The molecule has 0 aromatic heterocycles. The molecule has 0 unspecified atom stereocenters. The molecule has 15 heavy (non-hydrogen) atoms. The number of nitrogens with one attached hydrogen (secondary N) is 1. The van der Waals surface area contributed by atoms with Crippen LogP contribution < -0.4 is 5.32 Å². The molecule has 0 fully saturated rings. The maximum absolute atomic E-state index is 13.4. The smallest absolute Gasteiger partial charge is 0.127 e. The fraction of sp³-hybridized carbons (Fsp3) is 0.500. The van der Waals surface area contributed by atoms with E-state index in [0.29, 0.717) is 5.56 Å². The predicted octanol–water partition coefficient (Wildman–Crippen LogP) is 2.25. The van der Waals surface area contributed by atoms with Crippen molar-refractivity contribution in [3.63, 3.8) is 0 Å². The maximum atomic E-state index is 13.4. The Bertz CT molecular complexity index is 299. The Kier molecular flexibility index (Phi) is 4.72. The molecule has 1 aromatic carbocycles. The molecule has 0 bridgehead atoms. The summed E-state index contributed by atoms with van der Waals surface area (Å²) >= 11 is 0. The largest absolute Gasteiger partial charge is 0.395 e. The highest BCUT2D eigenvalue weighted by atomic mass is 19.1. The fourth-order valence-corrected chi connectivity index (χ4v) is 1.57. The van der Waals surface area contributed by atoms with Crippen LogP contribution in [0.5, 0.6) is 0 Å². The molecule has 0 aliphatic rings. The second kappa shape index (κ2) is 5.83. The van der Waals surface area contributed by atoms with Gasteiger partial charge in [-0.3, -0.25) is 0 Å². The molecule has 2 atom stereocenters. The minimum Gasteiger partial charge on any atom is -0.395 e. The molecule has 84 valence electrons. The summed E-state index contributed by atoms with van der Waals surface area (Å²) in [6.07, 6.45) is 0.829. The van der Waals surface area contributed by atoms with E-state index in [-0.39, 0.29) is 24.5 Å². The third-order valence-electron chi connectivity index (χ3n) is 2.57. The second-order valence-corrected chi connectivity index (χ2v) is 3.70. The van der Waals surface area contributed by atoms with Crippen molar-refractivity contribution in [3.8, 4) is 0 Å². The highest BCUT2D eigenvalue weighted by Crippen LogP contribution is 2.16. The molecule has 0 aliphatic carbocycles. The summed E-state index contributed by atoms with van der Waals surface area (Å²) in [4.78, 5) is 0. The van der Waals surface area contributed by atoms with Crippen molar-refractivity contribution >= 4 is 0 Å². The van der Waals surface area contributed by atoms with Crippen LogP contribution in [0.25, 0.3) is 0 Å². The average molecular weight is 211 g/mol. The van der Waals surface area contributed by atoms with Crippen molar-refractivity contribution in [2.75, 3.05) is 6.61 Å². The van der Waals surface area contributed by atoms with Crippen molar-refractivity contribution < 1.29 is 9.50 Å². The molecule has 0 spiro atoms. The van der Waals surface area contributed by atoms with Crippen molar-refractivity contribution in [1.82, 2.24) is 5.32 Å². The summed E-state index contributed by atoms with van der Waals surface area (Å²) in [7, 11) is 0. The highest BCUT2D eigenvalue weighted by Gasteiger charge is 2.13. The molecular formula is C12H18FNO. The molecule has 0 heterocycles. The zero-order valence-corrected chi connectivity index (χ0v) is 9.20. The third-order valence-corrected chi connectivity index (χ3v) is 2.57. The molecule has 0 amide bonds. The van der Waals surface area contributed by atoms with Gasteiger partial charge >= 0.3 is 0 Å². The zero-order valence-electron chi connectivity index (χ0n) is 9.20. The van der Waals surface area contributed by atoms with Crippen molar-refractivity contribution in [2.24, 2.45) is 0 Å². The van der Waals surface area contributed by atoms with E-state index in [1.54, 1.807) is 12.1 Å². The molecule has 2 nitrogen and oxygen atoms in total. The van der Waals surface area contributed by atoms with Gasteiger partial charge < -0.3 is 10.4 Å². The second-order valence-electron chi connectivity index (χ2n) is 3.70. The van der Waals surface area contributed by atoms with E-state index in [4.69, 9.17) is 5.11 Å². The van der Waals surface area contributed by atoms with Gasteiger partial charge in [0, 0.05) is 17.6 Å². The van der Waals surface area contributed by atoms with Gasteiger partial charge in [0.15, 0.2) is 0 Å². The van der Waals surface area contributed by atoms with E-state index in [1.807, 2.05) is 19.9 Å². The molecule has 0 aliphatic heterocycles. The minimum atomic E-state index is -0.203. The van der Waals surface area contributed by atoms with Crippen LogP contribution >= 0.6 is 0 Å². The number of hydrogen-bond donors (Lipinski definition) is 2. The van der Waals surface area contributed by atoms with Gasteiger partial charge in [-0.05, 0) is 19.4 Å². The SMILES string of the molecule is CC[C@H](CO)N[C@@H](C)c1ccccc1F. The molecule has 0 saturated carbocycles. The molecule has 3 heteroatoms. The lowest BCUT2D eigenvalue weighted by Gasteiger charge is -2.21. The predicted molar refractivity (Wildman–Crippen MR) is 59.1 cm³/mol. The van der Waals surface area contributed by atoms with Crippen LogP contribution in [-0.2, 0) is 0 Å². The fourth-order valence-electron chi connectivity index (χ4n) is 1.57. The lowest BCUT2D eigenvalue weighted by atomic mass is 10.1. The molecule has 1 aromatic rings. The molecule has 2 N–H and O–H groups in total. The summed E-state index contributed by atoms with van der Waals surface area (Å²) in [6, 6.07) is 6.65. The van der Waals surface area contributed by atoms with E-state index in [2.05, 4.69) is 5.32 Å². The first-order valence-electron chi connectivity index (χ1n) is 5.30. The number of benzene rings is 1. The molecular weight excluding hydrogens is 193 g/mol. The Hall–Kier alpha value is -0.930. The number of rotatable bonds is 5. The average Bonchev–Trinajstić information content (AvgIpc) is 2.26. The highest BCUT2D eigenvalue weighted by molar-refractivity contribution is 5.20. The van der Waals surface area contributed by atoms with E-state index in [0.717, 1.165) is 6.42 Å². The van der Waals surface area contributed by atoms with Crippen LogP contribution in [0.4, 0.5) is 4.39 Å². The van der Waals surface area contributed by atoms with Crippen LogP contribution in [-0.4, -0.2) is 17.8 Å². The van der Waals surface area contributed by atoms with E-state index in [9.17, 15) is 4.39 Å². The Balaban J connectivity index is 2.68. The maximum Gasteiger partial charge on any atom is 0.127 e. The number of halogens is 1. The summed E-state index contributed by atoms with van der Waals surface area (Å²) in [5.41, 5.74) is 0.643. The summed E-state index contributed by atoms with van der Waals surface area (Å²) in [6.45, 7) is 3.97. The van der Waals surface area contributed by atoms with Crippen LogP contribution in [0.3, 0.4) is 0 Å². The van der Waals surface area contributed by atoms with E-state index in [1.165, 1.54) is 6.07 Å². The lowest BCUT2D eigenvalue weighted by Crippen LogP contribution is -2.34. The Labute approximate surface area is 90.1 Å². The minimum absolute atomic E-state index is 0.0274. The van der Waals surface area contributed by atoms with Gasteiger partial charge in [-0.25, -0.2) is 4.39 Å². The monoisotopic (exact) mass is 211 g/mol. The Morgan fingerprint density at radius 2 is 2.07 bits per heavy atom. The summed E-state index contributed by atoms with van der Waals surface area (Å²) in [5.74, 6) is -0.203. The van der Waals surface area contributed by atoms with Crippen molar-refractivity contribution in [1.29, 1.82) is 0 Å². The van der Waals surface area contributed by atoms with Gasteiger partial charge in [0.25, 0.3) is 0 Å². The molecule has 0 radical (unpaired) electrons. The van der Waals surface area contributed by atoms with Crippen molar-refractivity contribution in [3.05, 3.63) is 35.6 Å². The lowest BCUT2D eigenvalue weighted by molar-refractivity contribution is 0.229. The standard InChI is InChI=1S/C12H18FNO/c1-3-10(8-15)14-9(2)11-6-4-5-7-12(11)13/h4-7,9-10,14-15H,3,8H2,1-2H3/t9-,10+/m0/s1. The first kappa shape index (κ1) is 12.1. The van der Waals surface area contributed by atoms with Gasteiger partial charge in [0.1, 0.15) is 5.82 Å². The quantitative estimate of drug-likeness (QED) is 0.783. The van der Waals surface area contributed by atoms with E-state index < -0.39 is 0 Å². The van der Waals surface area contributed by atoms with Crippen LogP contribution in [0.2, 0.25) is 0 Å². The number of aliphatic hydroxyl groups is 1. The van der Waals surface area contributed by atoms with Crippen LogP contribution in [0.1, 0.15) is 31.9 Å². The Morgan fingerprint density at radius 1 is 1.40 bits per heavy atom. The molecule has 0 saturated heterocycles. The third kappa shape index (κ3) is 3.29. The van der Waals surface area contributed by atoms with Gasteiger partial charge in [0.05, 0.1) is 6.61 Å². The van der Waals surface area contributed by atoms with Gasteiger partial charge in [-0.1, -0.05) is 25.1 Å². The van der Waals surface area contributed by atoms with Crippen LogP contribution in [0.15, 0.2) is 24.3 Å². The van der Waals surface area contributed by atoms with Gasteiger partial charge in [-0.2, -0.15) is 0 Å². The first-order valence-corrected chi connectivity index (χ1v) is 5.30. The number of aliphatic hydroxyl groups excluding tert-OH is 1. The topological polar surface area (TPSA) is 32.3 Å². The summed E-state index contributed by atoms with van der Waals surface area (Å²) < 4.78 is 13.4. The van der Waals surface area contributed by atoms with E-state index >= 15 is 0 Å². The van der Waals surface area contributed by atoms with Gasteiger partial charge in [0.2, 0.25) is 0 Å². The molecule has 1 rings (SSSR count). The van der Waals surface area contributed by atoms with Crippen molar-refractivity contribution in [2.45, 2.75) is 32.4 Å².